The summed E-state index contributed by atoms with van der Waals surface area (Å²) in [6, 6.07) is 116. The van der Waals surface area contributed by atoms with Crippen molar-refractivity contribution in [3.05, 3.63) is 357 Å². The minimum atomic E-state index is -1.53. The van der Waals surface area contributed by atoms with Crippen molar-refractivity contribution >= 4 is 116 Å². The van der Waals surface area contributed by atoms with Crippen molar-refractivity contribution in [2.75, 3.05) is 0 Å². The summed E-state index contributed by atoms with van der Waals surface area (Å²) in [4.78, 5) is 29.7. The molecule has 0 aliphatic rings. The summed E-state index contributed by atoms with van der Waals surface area (Å²) in [7, 11) is -1.53. The van der Waals surface area contributed by atoms with Gasteiger partial charge in [-0.05, 0) is 138 Å². The Morgan fingerprint density at radius 3 is 1.05 bits per heavy atom. The smallest absolute Gasteiger partial charge is 0.423 e. The first kappa shape index (κ1) is 67.3. The van der Waals surface area contributed by atoms with Gasteiger partial charge in [0.25, 0.3) is 0 Å². The van der Waals surface area contributed by atoms with E-state index in [1.807, 2.05) is 150 Å². The van der Waals surface area contributed by atoms with Gasteiger partial charge in [-0.15, -0.1) is 0 Å². The van der Waals surface area contributed by atoms with Crippen LogP contribution in [0.4, 0.5) is 0 Å². The number of nitrogens with zero attached hydrogens (tertiary/aromatic N) is 10. The molecule has 8 heterocycles. The number of para-hydroxylation sites is 4. The van der Waals surface area contributed by atoms with Crippen LogP contribution in [0.25, 0.3) is 167 Å². The van der Waals surface area contributed by atoms with Crippen LogP contribution in [0.15, 0.2) is 357 Å². The molecule has 0 atom stereocenters. The van der Waals surface area contributed by atoms with Crippen LogP contribution in [0.2, 0.25) is 0 Å². The molecule has 2 N–H and O–H groups in total. The van der Waals surface area contributed by atoms with Crippen LogP contribution < -0.4 is 5.46 Å². The zero-order valence-corrected chi connectivity index (χ0v) is 57.4. The van der Waals surface area contributed by atoms with E-state index in [1.54, 1.807) is 6.07 Å². The van der Waals surface area contributed by atoms with Crippen molar-refractivity contribution in [3.8, 4) is 79.4 Å². The normalized spacial score (nSPS) is 11.2. The number of rotatable bonds is 10. The Morgan fingerprint density at radius 2 is 0.604 bits per heavy atom. The zero-order chi connectivity index (χ0) is 69.6. The summed E-state index contributed by atoms with van der Waals surface area (Å²) in [5.74, 6) is 1.20. The molecule has 12 nitrogen and oxygen atoms in total. The highest BCUT2D eigenvalue weighted by Gasteiger charge is 2.23. The SMILES string of the molecule is Brc1ccc2c3ncccc3n(-c3ccccc3)c2c1.C.C.OB(O)c1ccc2c(c1)c1ccccc1n2-c1nc(-c2ccccc2)cc(-c2ccccc2)n1.c1ccc(-c2cc(-c3ccccc3)nc(-n3c4ccccc4c4cc(-c5ccc6c7ncccc7n(-c7ccccc7)c6c5)ccc43)n2)cc1. The first-order valence-electron chi connectivity index (χ1n) is 34.3. The summed E-state index contributed by atoms with van der Waals surface area (Å²) < 4.78 is 9.88. The molecule has 0 amide bonds. The fraction of sp³-hybridized carbons (Fsp3) is 0.0217. The summed E-state index contributed by atoms with van der Waals surface area (Å²) in [6.45, 7) is 0. The number of aromatic nitrogens is 10. The van der Waals surface area contributed by atoms with Crippen molar-refractivity contribution in [2.24, 2.45) is 0 Å². The molecule has 8 aromatic heterocycles. The van der Waals surface area contributed by atoms with Gasteiger partial charge in [0.05, 0.1) is 77.9 Å². The number of hydrogen-bond acceptors (Lipinski definition) is 8. The fourth-order valence-electron chi connectivity index (χ4n) is 14.4. The molecule has 0 spiro atoms. The molecular weight excluding hydrogens is 1370 g/mol. The van der Waals surface area contributed by atoms with Gasteiger partial charge in [-0.2, -0.15) is 0 Å². The van der Waals surface area contributed by atoms with Crippen LogP contribution >= 0.6 is 15.9 Å². The zero-order valence-electron chi connectivity index (χ0n) is 55.8. The van der Waals surface area contributed by atoms with Crippen molar-refractivity contribution in [2.45, 2.75) is 14.9 Å². The van der Waals surface area contributed by atoms with Gasteiger partial charge in [-0.1, -0.05) is 249 Å². The van der Waals surface area contributed by atoms with Crippen LogP contribution in [0, 0.1) is 0 Å². The van der Waals surface area contributed by atoms with E-state index in [9.17, 15) is 10.0 Å². The predicted molar refractivity (Wildman–Crippen MR) is 442 cm³/mol. The highest BCUT2D eigenvalue weighted by atomic mass is 79.9. The number of hydrogen-bond donors (Lipinski definition) is 2. The van der Waals surface area contributed by atoms with Gasteiger partial charge in [-0.25, -0.2) is 19.9 Å². The molecule has 20 rings (SSSR count). The van der Waals surface area contributed by atoms with E-state index >= 15 is 0 Å². The number of fused-ring (bicyclic) bond motifs is 12. The lowest BCUT2D eigenvalue weighted by Gasteiger charge is -2.12. The third-order valence-electron chi connectivity index (χ3n) is 19.1. The van der Waals surface area contributed by atoms with E-state index in [4.69, 9.17) is 24.9 Å². The van der Waals surface area contributed by atoms with E-state index in [0.717, 1.165) is 149 Å². The lowest BCUT2D eigenvalue weighted by Crippen LogP contribution is -2.29. The minimum absolute atomic E-state index is 0. The molecule has 0 aliphatic carbocycles. The number of halogens is 1. The summed E-state index contributed by atoms with van der Waals surface area (Å²) >= 11 is 3.56. The Kier molecular flexibility index (Phi) is 18.3. The van der Waals surface area contributed by atoms with E-state index in [1.165, 1.54) is 10.9 Å². The molecule has 14 heteroatoms. The first-order chi connectivity index (χ1) is 51.3. The van der Waals surface area contributed by atoms with Crippen molar-refractivity contribution in [1.29, 1.82) is 0 Å². The Bertz CT molecular complexity index is 6470. The second-order valence-electron chi connectivity index (χ2n) is 25.4. The molecule has 20 aromatic rings. The van der Waals surface area contributed by atoms with Crippen molar-refractivity contribution in [1.82, 2.24) is 48.2 Å². The number of pyridine rings is 2. The van der Waals surface area contributed by atoms with Crippen LogP contribution in [0.5, 0.6) is 0 Å². The standard InChI is InChI=1S/C45H29N5.C28H20BN3O2.C17H11BrN2.2CH4/c1-4-13-30(14-5-1)38-29-39(31-15-6-2-7-16-31)48-45(47-38)50-40-20-11-10-19-35(40)37-27-32(23-25-41(37)50)33-22-24-36-43(28-33)49(34-17-8-3-9-18-34)42-21-12-26-46-44(36)42;33-29(34)21-15-16-27-23(17-21)22-13-7-8-14-26(22)32(27)28-30-24(19-9-3-1-4-10-19)18-25(31-28)20-11-5-2-6-12-20;18-12-8-9-14-16(11-12)20(13-5-2-1-3-6-13)15-7-4-10-19-17(14)15;;/h1-29H;1-18,33-34H;1-11H;2*1H4. The van der Waals surface area contributed by atoms with Crippen LogP contribution in [-0.4, -0.2) is 65.3 Å². The van der Waals surface area contributed by atoms with E-state index in [-0.39, 0.29) is 14.9 Å². The average Bonchev–Trinajstić information content (AvgIpc) is 1.59. The molecule has 0 radical (unpaired) electrons. The predicted octanol–water partition coefficient (Wildman–Crippen LogP) is 21.9. The lowest BCUT2D eigenvalue weighted by molar-refractivity contribution is 0.426. The summed E-state index contributed by atoms with van der Waals surface area (Å²) in [5.41, 5.74) is 23.1. The Labute approximate surface area is 621 Å². The van der Waals surface area contributed by atoms with E-state index in [0.29, 0.717) is 17.4 Å². The third kappa shape index (κ3) is 12.4. The highest BCUT2D eigenvalue weighted by Crippen LogP contribution is 2.40. The highest BCUT2D eigenvalue weighted by molar-refractivity contribution is 9.10. The van der Waals surface area contributed by atoms with Gasteiger partial charge in [-0.3, -0.25) is 19.1 Å². The van der Waals surface area contributed by atoms with Gasteiger partial charge < -0.3 is 19.2 Å². The molecule has 12 aromatic carbocycles. The topological polar surface area (TPSA) is 138 Å². The van der Waals surface area contributed by atoms with Gasteiger partial charge in [0.2, 0.25) is 11.9 Å². The van der Waals surface area contributed by atoms with Gasteiger partial charge in [0, 0.05) is 82.8 Å². The first-order valence-corrected chi connectivity index (χ1v) is 35.1. The molecule has 0 bridgehead atoms. The van der Waals surface area contributed by atoms with Gasteiger partial charge in [0.15, 0.2) is 0 Å². The Morgan fingerprint density at radius 1 is 0.255 bits per heavy atom. The molecule has 0 aliphatic heterocycles. The van der Waals surface area contributed by atoms with E-state index < -0.39 is 7.12 Å². The molecule has 508 valence electrons. The molecule has 0 fully saturated rings. The molecule has 0 saturated heterocycles. The maximum atomic E-state index is 9.73. The fourth-order valence-corrected chi connectivity index (χ4v) is 14.7. The second-order valence-corrected chi connectivity index (χ2v) is 26.3. The van der Waals surface area contributed by atoms with Crippen molar-refractivity contribution in [3.63, 3.8) is 0 Å². The molecule has 0 unspecified atom stereocenters. The largest absolute Gasteiger partial charge is 0.488 e. The van der Waals surface area contributed by atoms with Gasteiger partial charge in [0.1, 0.15) is 0 Å². The maximum absolute atomic E-state index is 9.73. The minimum Gasteiger partial charge on any atom is -0.423 e. The second kappa shape index (κ2) is 28.9. The summed E-state index contributed by atoms with van der Waals surface area (Å²) in [6.07, 6.45) is 3.72. The average molecular weight is 1440 g/mol. The molecule has 106 heavy (non-hydrogen) atoms. The summed E-state index contributed by atoms with van der Waals surface area (Å²) in [5, 5.41) is 26.0. The quantitative estimate of drug-likeness (QED) is 0.129. The number of benzene rings is 12. The maximum Gasteiger partial charge on any atom is 0.488 e. The Hall–Kier alpha value is -13.2. The molecular formula is C92H68BBrN10O2. The van der Waals surface area contributed by atoms with E-state index in [2.05, 4.69) is 235 Å². The monoisotopic (exact) mass is 1430 g/mol. The van der Waals surface area contributed by atoms with Crippen LogP contribution in [-0.2, 0) is 0 Å². The van der Waals surface area contributed by atoms with Gasteiger partial charge >= 0.3 is 7.12 Å². The lowest BCUT2D eigenvalue weighted by atomic mass is 9.80. The Balaban J connectivity index is 0.000000133. The third-order valence-corrected chi connectivity index (χ3v) is 19.6. The van der Waals surface area contributed by atoms with Crippen LogP contribution in [0.3, 0.4) is 0 Å². The van der Waals surface area contributed by atoms with Crippen molar-refractivity contribution < 1.29 is 10.0 Å². The van der Waals surface area contributed by atoms with Crippen LogP contribution in [0.1, 0.15) is 14.9 Å². The molecule has 0 saturated carbocycles.